The fourth-order valence-electron chi connectivity index (χ4n) is 3.16. The highest BCUT2D eigenvalue weighted by atomic mass is 35.5. The van der Waals surface area contributed by atoms with Crippen LogP contribution in [-0.2, 0) is 12.8 Å². The number of carbonyl (C=O) groups excluding carboxylic acids is 1. The van der Waals surface area contributed by atoms with Crippen LogP contribution in [0, 0.1) is 0 Å². The van der Waals surface area contributed by atoms with E-state index in [2.05, 4.69) is 5.32 Å². The number of aromatic carboxylic acids is 1. The third-order valence-electron chi connectivity index (χ3n) is 4.86. The molecule has 0 aliphatic heterocycles. The number of benzene rings is 3. The van der Waals surface area contributed by atoms with Gasteiger partial charge in [0.15, 0.2) is 0 Å². The van der Waals surface area contributed by atoms with Crippen LogP contribution in [0.4, 0.5) is 0 Å². The first-order valence-corrected chi connectivity index (χ1v) is 9.78. The zero-order valence-electron chi connectivity index (χ0n) is 16.1. The van der Waals surface area contributed by atoms with Gasteiger partial charge in [0.2, 0.25) is 0 Å². The monoisotopic (exact) mass is 407 g/mol. The molecule has 0 saturated heterocycles. The normalized spacial score (nSPS) is 11.7. The molecule has 0 unspecified atom stereocenters. The summed E-state index contributed by atoms with van der Waals surface area (Å²) in [6, 6.07) is 21.6. The van der Waals surface area contributed by atoms with E-state index in [1.165, 1.54) is 0 Å². The zero-order valence-corrected chi connectivity index (χ0v) is 16.8. The quantitative estimate of drug-likeness (QED) is 0.557. The fourth-order valence-corrected chi connectivity index (χ4v) is 3.29. The number of amides is 1. The Labute approximate surface area is 175 Å². The van der Waals surface area contributed by atoms with Gasteiger partial charge in [0.1, 0.15) is 0 Å². The molecule has 0 heterocycles. The maximum atomic E-state index is 12.9. The molecule has 3 rings (SSSR count). The van der Waals surface area contributed by atoms with Gasteiger partial charge >= 0.3 is 5.97 Å². The highest BCUT2D eigenvalue weighted by molar-refractivity contribution is 6.30. The molecule has 0 fully saturated rings. The number of carboxylic acid groups (broad SMARTS) is 1. The predicted octanol–water partition coefficient (Wildman–Crippen LogP) is 5.31. The van der Waals surface area contributed by atoms with E-state index < -0.39 is 5.97 Å². The van der Waals surface area contributed by atoms with Gasteiger partial charge in [-0.2, -0.15) is 0 Å². The molecule has 0 radical (unpaired) electrons. The van der Waals surface area contributed by atoms with E-state index >= 15 is 0 Å². The number of carbonyl (C=O) groups is 2. The van der Waals surface area contributed by atoms with Gasteiger partial charge < -0.3 is 10.4 Å². The molecule has 2 N–H and O–H groups in total. The smallest absolute Gasteiger partial charge is 0.335 e. The van der Waals surface area contributed by atoms with Gasteiger partial charge in [-0.05, 0) is 66.8 Å². The molecular formula is C24H22ClNO3. The first-order chi connectivity index (χ1) is 13.9. The molecule has 3 aromatic carbocycles. The molecule has 1 atom stereocenters. The van der Waals surface area contributed by atoms with E-state index in [4.69, 9.17) is 16.7 Å². The lowest BCUT2D eigenvalue weighted by atomic mass is 9.98. The molecule has 0 spiro atoms. The van der Waals surface area contributed by atoms with Crippen LogP contribution in [0.1, 0.15) is 50.4 Å². The average Bonchev–Trinajstić information content (AvgIpc) is 2.73. The fraction of sp³-hybridized carbons (Fsp3) is 0.167. The number of hydrogen-bond acceptors (Lipinski definition) is 2. The van der Waals surface area contributed by atoms with Crippen molar-refractivity contribution in [3.05, 3.63) is 106 Å². The molecule has 1 amide bonds. The van der Waals surface area contributed by atoms with E-state index in [0.29, 0.717) is 10.6 Å². The van der Waals surface area contributed by atoms with Crippen molar-refractivity contribution in [2.24, 2.45) is 0 Å². The Kier molecular flexibility index (Phi) is 6.68. The number of carboxylic acids is 1. The Hall–Kier alpha value is -3.11. The van der Waals surface area contributed by atoms with Gasteiger partial charge in [-0.1, -0.05) is 54.1 Å². The van der Waals surface area contributed by atoms with Crippen molar-refractivity contribution in [1.29, 1.82) is 0 Å². The van der Waals surface area contributed by atoms with Gasteiger partial charge in [0.05, 0.1) is 11.6 Å². The van der Waals surface area contributed by atoms with E-state index in [0.717, 1.165) is 29.5 Å². The molecule has 0 aromatic heterocycles. The molecular weight excluding hydrogens is 386 g/mol. The van der Waals surface area contributed by atoms with Crippen molar-refractivity contribution < 1.29 is 14.7 Å². The second-order valence-electron chi connectivity index (χ2n) is 6.91. The summed E-state index contributed by atoms with van der Waals surface area (Å²) < 4.78 is 0. The summed E-state index contributed by atoms with van der Waals surface area (Å²) in [6.45, 7) is 1.88. The van der Waals surface area contributed by atoms with Gasteiger partial charge in [0.25, 0.3) is 5.91 Å². The van der Waals surface area contributed by atoms with E-state index in [1.54, 1.807) is 24.3 Å². The second kappa shape index (κ2) is 9.39. The topological polar surface area (TPSA) is 66.4 Å². The maximum Gasteiger partial charge on any atom is 0.335 e. The van der Waals surface area contributed by atoms with Crippen molar-refractivity contribution >= 4 is 23.5 Å². The minimum Gasteiger partial charge on any atom is -0.478 e. The maximum absolute atomic E-state index is 12.9. The first kappa shape index (κ1) is 20.6. The highest BCUT2D eigenvalue weighted by Gasteiger charge is 2.15. The van der Waals surface area contributed by atoms with Crippen molar-refractivity contribution in [2.75, 3.05) is 0 Å². The SMILES string of the molecule is C[C@H](NC(=O)c1ccccc1CCc1ccc(Cl)cc1)c1ccc(C(=O)O)cc1. The zero-order chi connectivity index (χ0) is 20.8. The molecule has 3 aromatic rings. The number of rotatable bonds is 7. The summed E-state index contributed by atoms with van der Waals surface area (Å²) in [5, 5.41) is 12.7. The summed E-state index contributed by atoms with van der Waals surface area (Å²) in [4.78, 5) is 23.8. The van der Waals surface area contributed by atoms with Gasteiger partial charge in [-0.3, -0.25) is 4.79 Å². The van der Waals surface area contributed by atoms with Crippen LogP contribution >= 0.6 is 11.6 Å². The highest BCUT2D eigenvalue weighted by Crippen LogP contribution is 2.18. The van der Waals surface area contributed by atoms with Crippen LogP contribution in [0.5, 0.6) is 0 Å². The number of aryl methyl sites for hydroxylation is 2. The molecule has 0 aliphatic rings. The molecule has 0 saturated carbocycles. The molecule has 4 nitrogen and oxygen atoms in total. The number of halogens is 1. The third-order valence-corrected chi connectivity index (χ3v) is 5.12. The molecule has 0 aliphatic carbocycles. The van der Waals surface area contributed by atoms with Crippen LogP contribution in [0.2, 0.25) is 5.02 Å². The number of nitrogens with one attached hydrogen (secondary N) is 1. The number of hydrogen-bond donors (Lipinski definition) is 2. The van der Waals surface area contributed by atoms with Crippen molar-refractivity contribution in [1.82, 2.24) is 5.32 Å². The second-order valence-corrected chi connectivity index (χ2v) is 7.34. The van der Waals surface area contributed by atoms with Crippen LogP contribution in [-0.4, -0.2) is 17.0 Å². The van der Waals surface area contributed by atoms with E-state index in [-0.39, 0.29) is 17.5 Å². The predicted molar refractivity (Wildman–Crippen MR) is 115 cm³/mol. The lowest BCUT2D eigenvalue weighted by molar-refractivity contribution is 0.0696. The van der Waals surface area contributed by atoms with Crippen LogP contribution in [0.15, 0.2) is 72.8 Å². The van der Waals surface area contributed by atoms with Gasteiger partial charge in [-0.25, -0.2) is 4.79 Å². The molecule has 5 heteroatoms. The average molecular weight is 408 g/mol. The Bertz CT molecular complexity index is 997. The lowest BCUT2D eigenvalue weighted by Gasteiger charge is -2.16. The first-order valence-electron chi connectivity index (χ1n) is 9.40. The Morgan fingerprint density at radius 2 is 1.59 bits per heavy atom. The van der Waals surface area contributed by atoms with Crippen molar-refractivity contribution in [3.8, 4) is 0 Å². The third kappa shape index (κ3) is 5.46. The molecule has 148 valence electrons. The van der Waals surface area contributed by atoms with E-state index in [9.17, 15) is 9.59 Å². The van der Waals surface area contributed by atoms with Crippen LogP contribution in [0.3, 0.4) is 0 Å². The van der Waals surface area contributed by atoms with Gasteiger partial charge in [-0.15, -0.1) is 0 Å². The van der Waals surface area contributed by atoms with Gasteiger partial charge in [0, 0.05) is 10.6 Å². The Morgan fingerprint density at radius 1 is 0.931 bits per heavy atom. The molecule has 0 bridgehead atoms. The van der Waals surface area contributed by atoms with Crippen molar-refractivity contribution in [2.45, 2.75) is 25.8 Å². The molecule has 29 heavy (non-hydrogen) atoms. The summed E-state index contributed by atoms with van der Waals surface area (Å²) in [5.74, 6) is -1.12. The lowest BCUT2D eigenvalue weighted by Crippen LogP contribution is -2.27. The van der Waals surface area contributed by atoms with Crippen LogP contribution in [0.25, 0.3) is 0 Å². The standard InChI is InChI=1S/C24H22ClNO3/c1-16(18-10-12-20(13-11-18)24(28)29)26-23(27)22-5-3-2-4-19(22)9-6-17-7-14-21(25)15-8-17/h2-5,7-8,10-16H,6,9H2,1H3,(H,26,27)(H,28,29)/t16-/m0/s1. The minimum atomic E-state index is -0.970. The van der Waals surface area contributed by atoms with E-state index in [1.807, 2.05) is 55.5 Å². The minimum absolute atomic E-state index is 0.147. The summed E-state index contributed by atoms with van der Waals surface area (Å²) in [7, 11) is 0. The van der Waals surface area contributed by atoms with Crippen molar-refractivity contribution in [3.63, 3.8) is 0 Å². The van der Waals surface area contributed by atoms with Crippen LogP contribution < -0.4 is 5.32 Å². The summed E-state index contributed by atoms with van der Waals surface area (Å²) in [6.07, 6.45) is 1.56. The Balaban J connectivity index is 1.68. The largest absolute Gasteiger partial charge is 0.478 e. The summed E-state index contributed by atoms with van der Waals surface area (Å²) >= 11 is 5.94. The Morgan fingerprint density at radius 3 is 2.24 bits per heavy atom. The summed E-state index contributed by atoms with van der Waals surface area (Å²) in [5.41, 5.74) is 3.86.